The number of hydrogen-bond donors (Lipinski definition) is 7. The highest BCUT2D eigenvalue weighted by atomic mass is 16.4. The van der Waals surface area contributed by atoms with Crippen LogP contribution < -0.4 is 27.4 Å². The summed E-state index contributed by atoms with van der Waals surface area (Å²) in [6, 6.07) is 3.45. The Morgan fingerprint density at radius 2 is 1.46 bits per heavy atom. The molecule has 1 rings (SSSR count). The van der Waals surface area contributed by atoms with Crippen molar-refractivity contribution in [3.05, 3.63) is 35.9 Å². The lowest BCUT2D eigenvalue weighted by Crippen LogP contribution is -2.60. The van der Waals surface area contributed by atoms with Crippen LogP contribution in [0.2, 0.25) is 0 Å². The van der Waals surface area contributed by atoms with E-state index in [4.69, 9.17) is 11.5 Å². The molecule has 0 bridgehead atoms. The monoisotopic (exact) mass is 493 g/mol. The summed E-state index contributed by atoms with van der Waals surface area (Å²) < 4.78 is 0. The van der Waals surface area contributed by atoms with Crippen LogP contribution in [-0.4, -0.2) is 70.1 Å². The maximum absolute atomic E-state index is 12.9. The molecule has 0 fully saturated rings. The van der Waals surface area contributed by atoms with Crippen molar-refractivity contribution in [1.82, 2.24) is 16.0 Å². The van der Waals surface area contributed by atoms with Crippen LogP contribution >= 0.6 is 0 Å². The number of carbonyl (C=O) groups is 5. The minimum Gasteiger partial charge on any atom is -0.480 e. The first-order valence-corrected chi connectivity index (χ1v) is 11.2. The van der Waals surface area contributed by atoms with Gasteiger partial charge in [-0.25, -0.2) is 4.79 Å². The lowest BCUT2D eigenvalue weighted by Gasteiger charge is -2.27. The van der Waals surface area contributed by atoms with E-state index in [9.17, 15) is 34.2 Å². The molecule has 0 aliphatic heterocycles. The van der Waals surface area contributed by atoms with Gasteiger partial charge in [-0.05, 0) is 24.8 Å². The van der Waals surface area contributed by atoms with Gasteiger partial charge in [0.1, 0.15) is 18.1 Å². The van der Waals surface area contributed by atoms with Gasteiger partial charge >= 0.3 is 5.97 Å². The van der Waals surface area contributed by atoms with Crippen molar-refractivity contribution < 1.29 is 34.2 Å². The Balaban J connectivity index is 2.96. The highest BCUT2D eigenvalue weighted by Gasteiger charge is 2.33. The lowest BCUT2D eigenvalue weighted by atomic mass is 10.0. The molecule has 0 saturated heterocycles. The summed E-state index contributed by atoms with van der Waals surface area (Å²) in [5.74, 6) is -4.60. The Bertz CT molecular complexity index is 892. The Kier molecular flexibility index (Phi) is 11.8. The summed E-state index contributed by atoms with van der Waals surface area (Å²) in [5, 5.41) is 26.8. The van der Waals surface area contributed by atoms with E-state index in [1.807, 2.05) is 0 Å². The molecule has 12 nitrogen and oxygen atoms in total. The fourth-order valence-corrected chi connectivity index (χ4v) is 3.26. The van der Waals surface area contributed by atoms with Crippen molar-refractivity contribution in [1.29, 1.82) is 0 Å². The van der Waals surface area contributed by atoms with Crippen LogP contribution in [0.3, 0.4) is 0 Å². The van der Waals surface area contributed by atoms with Gasteiger partial charge in [0.2, 0.25) is 23.6 Å². The van der Waals surface area contributed by atoms with Crippen LogP contribution in [-0.2, 0) is 30.4 Å². The number of aliphatic hydroxyl groups excluding tert-OH is 1. The average Bonchev–Trinajstić information content (AvgIpc) is 2.75. The van der Waals surface area contributed by atoms with E-state index in [1.54, 1.807) is 44.2 Å². The van der Waals surface area contributed by atoms with Crippen molar-refractivity contribution in [3.8, 4) is 0 Å². The summed E-state index contributed by atoms with van der Waals surface area (Å²) in [6.07, 6.45) is -1.64. The normalized spacial score (nSPS) is 15.3. The molecule has 5 atom stereocenters. The molecule has 0 spiro atoms. The number of carboxylic acids is 1. The molecule has 1 aromatic rings. The standard InChI is InChI=1S/C23H35N5O7/c1-12(2)9-16(26-20(31)15(24)11-18(25)30)21(32)28-19(13(3)29)22(33)27-17(23(34)35)10-14-7-5-4-6-8-14/h4-8,12-13,15-17,19,29H,9-11,24H2,1-3H3,(H2,25,30)(H,26,31)(H,27,33)(H,28,32)(H,34,35). The van der Waals surface area contributed by atoms with E-state index in [2.05, 4.69) is 16.0 Å². The maximum Gasteiger partial charge on any atom is 0.326 e. The number of carbonyl (C=O) groups excluding carboxylic acids is 4. The quantitative estimate of drug-likeness (QED) is 0.160. The first-order valence-electron chi connectivity index (χ1n) is 11.2. The predicted molar refractivity (Wildman–Crippen MR) is 126 cm³/mol. The van der Waals surface area contributed by atoms with Crippen LogP contribution in [0, 0.1) is 5.92 Å². The summed E-state index contributed by atoms with van der Waals surface area (Å²) in [7, 11) is 0. The molecule has 9 N–H and O–H groups in total. The number of primary amides is 1. The first-order chi connectivity index (χ1) is 16.3. The molecule has 35 heavy (non-hydrogen) atoms. The molecular weight excluding hydrogens is 458 g/mol. The van der Waals surface area contributed by atoms with Crippen LogP contribution in [0.1, 0.15) is 39.2 Å². The van der Waals surface area contributed by atoms with Gasteiger partial charge in [-0.3, -0.25) is 19.2 Å². The summed E-state index contributed by atoms with van der Waals surface area (Å²) >= 11 is 0. The fourth-order valence-electron chi connectivity index (χ4n) is 3.26. The van der Waals surface area contributed by atoms with E-state index in [0.717, 1.165) is 0 Å². The Morgan fingerprint density at radius 1 is 0.886 bits per heavy atom. The maximum atomic E-state index is 12.9. The molecule has 12 heteroatoms. The largest absolute Gasteiger partial charge is 0.480 e. The highest BCUT2D eigenvalue weighted by Crippen LogP contribution is 2.08. The molecule has 0 aliphatic carbocycles. The molecule has 4 amide bonds. The minimum absolute atomic E-state index is 0.00777. The summed E-state index contributed by atoms with van der Waals surface area (Å²) in [6.45, 7) is 4.86. The first kappa shape index (κ1) is 29.5. The Morgan fingerprint density at radius 3 is 1.94 bits per heavy atom. The molecule has 0 saturated carbocycles. The Hall–Kier alpha value is -3.51. The Labute approximate surface area is 203 Å². The van der Waals surface area contributed by atoms with Gasteiger partial charge in [0, 0.05) is 6.42 Å². The molecular formula is C23H35N5O7. The highest BCUT2D eigenvalue weighted by molar-refractivity contribution is 5.95. The molecule has 1 aromatic carbocycles. The number of nitrogens with two attached hydrogens (primary N) is 2. The molecule has 0 aromatic heterocycles. The van der Waals surface area contributed by atoms with Crippen LogP contribution in [0.4, 0.5) is 0 Å². The summed E-state index contributed by atoms with van der Waals surface area (Å²) in [4.78, 5) is 60.8. The van der Waals surface area contributed by atoms with E-state index in [1.165, 1.54) is 6.92 Å². The third-order valence-electron chi connectivity index (χ3n) is 5.06. The van der Waals surface area contributed by atoms with Crippen LogP contribution in [0.15, 0.2) is 30.3 Å². The van der Waals surface area contributed by atoms with Gasteiger partial charge in [0.05, 0.1) is 18.6 Å². The second-order valence-corrected chi connectivity index (χ2v) is 8.78. The average molecular weight is 494 g/mol. The van der Waals surface area contributed by atoms with Gasteiger partial charge in [-0.2, -0.15) is 0 Å². The zero-order chi connectivity index (χ0) is 26.7. The third kappa shape index (κ3) is 10.5. The molecule has 0 heterocycles. The molecule has 194 valence electrons. The van der Waals surface area contributed by atoms with Gasteiger partial charge in [0.25, 0.3) is 0 Å². The van der Waals surface area contributed by atoms with Gasteiger partial charge < -0.3 is 37.6 Å². The molecule has 0 radical (unpaired) electrons. The van der Waals surface area contributed by atoms with E-state index in [-0.39, 0.29) is 18.8 Å². The molecule has 0 aliphatic rings. The number of aliphatic carboxylic acids is 1. The number of hydrogen-bond acceptors (Lipinski definition) is 7. The van der Waals surface area contributed by atoms with Crippen molar-refractivity contribution in [2.75, 3.05) is 0 Å². The second-order valence-electron chi connectivity index (χ2n) is 8.78. The zero-order valence-electron chi connectivity index (χ0n) is 20.1. The molecule has 5 unspecified atom stereocenters. The minimum atomic E-state index is -1.49. The second kappa shape index (κ2) is 14.0. The number of rotatable bonds is 14. The zero-order valence-corrected chi connectivity index (χ0v) is 20.1. The number of carboxylic acid groups (broad SMARTS) is 1. The number of amides is 4. The van der Waals surface area contributed by atoms with Crippen molar-refractivity contribution in [3.63, 3.8) is 0 Å². The predicted octanol–water partition coefficient (Wildman–Crippen LogP) is -1.60. The van der Waals surface area contributed by atoms with Gasteiger partial charge in [-0.1, -0.05) is 44.2 Å². The third-order valence-corrected chi connectivity index (χ3v) is 5.06. The van der Waals surface area contributed by atoms with Gasteiger partial charge in [0.15, 0.2) is 0 Å². The van der Waals surface area contributed by atoms with Crippen molar-refractivity contribution in [2.45, 2.75) is 70.3 Å². The number of benzene rings is 1. The van der Waals surface area contributed by atoms with E-state index >= 15 is 0 Å². The summed E-state index contributed by atoms with van der Waals surface area (Å²) in [5.41, 5.74) is 11.4. The fraction of sp³-hybridized carbons (Fsp3) is 0.522. The van der Waals surface area contributed by atoms with Gasteiger partial charge in [-0.15, -0.1) is 0 Å². The van der Waals surface area contributed by atoms with Crippen LogP contribution in [0.25, 0.3) is 0 Å². The lowest BCUT2D eigenvalue weighted by molar-refractivity contribution is -0.143. The van der Waals surface area contributed by atoms with E-state index < -0.39 is 66.3 Å². The topological polar surface area (TPSA) is 214 Å². The number of aliphatic hydroxyl groups is 1. The van der Waals surface area contributed by atoms with Crippen molar-refractivity contribution >= 4 is 29.6 Å². The van der Waals surface area contributed by atoms with Crippen LogP contribution in [0.5, 0.6) is 0 Å². The number of nitrogens with one attached hydrogen (secondary N) is 3. The SMILES string of the molecule is CC(C)CC(NC(=O)C(N)CC(N)=O)C(=O)NC(C(=O)NC(Cc1ccccc1)C(=O)O)C(C)O. The van der Waals surface area contributed by atoms with Crippen molar-refractivity contribution in [2.24, 2.45) is 17.4 Å². The smallest absolute Gasteiger partial charge is 0.326 e. The van der Waals surface area contributed by atoms with E-state index in [0.29, 0.717) is 5.56 Å².